The zero-order valence-corrected chi connectivity index (χ0v) is 7.54. The van der Waals surface area contributed by atoms with E-state index in [1.165, 1.54) is 6.92 Å². The van der Waals surface area contributed by atoms with E-state index in [0.29, 0.717) is 0 Å². The topological polar surface area (TPSA) is 52.4 Å². The Morgan fingerprint density at radius 2 is 2.00 bits per heavy atom. The zero-order valence-electron chi connectivity index (χ0n) is 7.54. The number of nitro benzene ring substituents is 1. The van der Waals surface area contributed by atoms with Crippen molar-refractivity contribution >= 4 is 5.69 Å². The van der Waals surface area contributed by atoms with Gasteiger partial charge in [-0.1, -0.05) is 0 Å². The molecule has 0 spiro atoms. The molecule has 0 atom stereocenters. The Morgan fingerprint density at radius 3 is 2.40 bits per heavy atom. The lowest BCUT2D eigenvalue weighted by molar-refractivity contribution is -0.385. The van der Waals surface area contributed by atoms with Gasteiger partial charge in [0, 0.05) is 12.1 Å². The van der Waals surface area contributed by atoms with Gasteiger partial charge in [-0.05, 0) is 18.6 Å². The minimum absolute atomic E-state index is 0.0570. The van der Waals surface area contributed by atoms with Crippen LogP contribution < -0.4 is 4.74 Å². The molecule has 0 amide bonds. The molecule has 1 aromatic rings. The van der Waals surface area contributed by atoms with E-state index >= 15 is 0 Å². The number of halogens is 3. The number of ether oxygens (including phenoxy) is 1. The van der Waals surface area contributed by atoms with Crippen molar-refractivity contribution in [3.63, 3.8) is 0 Å². The lowest BCUT2D eigenvalue weighted by atomic mass is 10.2. The van der Waals surface area contributed by atoms with E-state index in [-0.39, 0.29) is 11.3 Å². The third kappa shape index (κ3) is 3.12. The molecule has 0 N–H and O–H groups in total. The van der Waals surface area contributed by atoms with Crippen LogP contribution in [0.5, 0.6) is 5.75 Å². The second-order valence-corrected chi connectivity index (χ2v) is 2.75. The maximum atomic E-state index is 11.8. The summed E-state index contributed by atoms with van der Waals surface area (Å²) in [6, 6.07) is 2.89. The molecule has 0 aliphatic carbocycles. The Morgan fingerprint density at radius 1 is 1.40 bits per heavy atom. The van der Waals surface area contributed by atoms with Gasteiger partial charge in [-0.25, -0.2) is 0 Å². The van der Waals surface area contributed by atoms with Crippen LogP contribution in [0, 0.1) is 17.0 Å². The van der Waals surface area contributed by atoms with Crippen molar-refractivity contribution < 1.29 is 22.8 Å². The average molecular weight is 221 g/mol. The van der Waals surface area contributed by atoms with Crippen LogP contribution in [0.2, 0.25) is 0 Å². The van der Waals surface area contributed by atoms with E-state index in [2.05, 4.69) is 4.74 Å². The molecule has 0 heterocycles. The van der Waals surface area contributed by atoms with Gasteiger partial charge in [-0.3, -0.25) is 10.1 Å². The van der Waals surface area contributed by atoms with E-state index in [4.69, 9.17) is 0 Å². The first-order valence-corrected chi connectivity index (χ1v) is 3.80. The van der Waals surface area contributed by atoms with Gasteiger partial charge >= 0.3 is 6.36 Å². The quantitative estimate of drug-likeness (QED) is 0.569. The van der Waals surface area contributed by atoms with Crippen LogP contribution in [0.3, 0.4) is 0 Å². The average Bonchev–Trinajstić information content (AvgIpc) is 2.05. The number of nitro groups is 1. The molecule has 0 aliphatic rings. The van der Waals surface area contributed by atoms with Crippen LogP contribution in [-0.4, -0.2) is 11.3 Å². The molecule has 0 aromatic heterocycles. The fraction of sp³-hybridized carbons (Fsp3) is 0.250. The van der Waals surface area contributed by atoms with Gasteiger partial charge in [-0.15, -0.1) is 13.2 Å². The highest BCUT2D eigenvalue weighted by molar-refractivity contribution is 5.42. The van der Waals surface area contributed by atoms with E-state index in [1.807, 2.05) is 0 Å². The smallest absolute Gasteiger partial charge is 0.406 e. The Bertz CT molecular complexity index is 389. The van der Waals surface area contributed by atoms with Crippen LogP contribution in [0.25, 0.3) is 0 Å². The predicted octanol–water partition coefficient (Wildman–Crippen LogP) is 2.80. The van der Waals surface area contributed by atoms with E-state index < -0.39 is 17.0 Å². The largest absolute Gasteiger partial charge is 0.573 e. The zero-order chi connectivity index (χ0) is 11.6. The number of hydrogen-bond donors (Lipinski definition) is 0. The van der Waals surface area contributed by atoms with Crippen LogP contribution >= 0.6 is 0 Å². The van der Waals surface area contributed by atoms with Crippen molar-refractivity contribution in [2.24, 2.45) is 0 Å². The molecule has 0 bridgehead atoms. The molecule has 0 fully saturated rings. The summed E-state index contributed by atoms with van der Waals surface area (Å²) in [5, 5.41) is 10.3. The monoisotopic (exact) mass is 221 g/mol. The second-order valence-electron chi connectivity index (χ2n) is 2.75. The molecule has 1 rings (SSSR count). The molecule has 0 radical (unpaired) electrons. The fourth-order valence-corrected chi connectivity index (χ4v) is 0.986. The number of hydrogen-bond acceptors (Lipinski definition) is 3. The molecule has 0 saturated heterocycles. The number of aryl methyl sites for hydroxylation is 1. The van der Waals surface area contributed by atoms with E-state index in [9.17, 15) is 23.3 Å². The lowest BCUT2D eigenvalue weighted by Gasteiger charge is -2.10. The summed E-state index contributed by atoms with van der Waals surface area (Å²) in [6.45, 7) is 1.30. The minimum atomic E-state index is -4.79. The summed E-state index contributed by atoms with van der Waals surface area (Å²) >= 11 is 0. The van der Waals surface area contributed by atoms with E-state index in [0.717, 1.165) is 18.2 Å². The normalized spacial score (nSPS) is 11.2. The maximum Gasteiger partial charge on any atom is 0.573 e. The molecule has 4 nitrogen and oxygen atoms in total. The Hall–Kier alpha value is -1.79. The summed E-state index contributed by atoms with van der Waals surface area (Å²) in [4.78, 5) is 9.60. The number of non-ortho nitro benzene ring substituents is 1. The van der Waals surface area contributed by atoms with Gasteiger partial charge in [0.2, 0.25) is 0 Å². The van der Waals surface area contributed by atoms with Crippen LogP contribution in [-0.2, 0) is 0 Å². The van der Waals surface area contributed by atoms with Crippen molar-refractivity contribution in [1.82, 2.24) is 0 Å². The van der Waals surface area contributed by atoms with Gasteiger partial charge in [-0.2, -0.15) is 0 Å². The molecule has 7 heteroatoms. The third-order valence-electron chi connectivity index (χ3n) is 1.60. The van der Waals surface area contributed by atoms with Crippen LogP contribution in [0.1, 0.15) is 5.56 Å². The first-order valence-electron chi connectivity index (χ1n) is 3.80. The van der Waals surface area contributed by atoms with Gasteiger partial charge in [0.1, 0.15) is 5.75 Å². The number of alkyl halides is 3. The van der Waals surface area contributed by atoms with Crippen molar-refractivity contribution in [2.75, 3.05) is 0 Å². The minimum Gasteiger partial charge on any atom is -0.406 e. The lowest BCUT2D eigenvalue weighted by Crippen LogP contribution is -2.17. The maximum absolute atomic E-state index is 11.8. The summed E-state index contributed by atoms with van der Waals surface area (Å²) in [6.07, 6.45) is -4.79. The van der Waals surface area contributed by atoms with Crippen LogP contribution in [0.15, 0.2) is 18.2 Å². The summed E-state index contributed by atoms with van der Waals surface area (Å²) in [7, 11) is 0. The summed E-state index contributed by atoms with van der Waals surface area (Å²) in [5.41, 5.74) is -0.219. The number of nitrogens with zero attached hydrogens (tertiary/aromatic N) is 1. The standard InChI is InChI=1S/C8H6F3NO3/c1-5-4-6(12(13)14)2-3-7(5)15-8(9,10)11/h2-4H,1H3. The molecule has 82 valence electrons. The van der Waals surface area contributed by atoms with Crippen molar-refractivity contribution in [1.29, 1.82) is 0 Å². The van der Waals surface area contributed by atoms with Crippen molar-refractivity contribution in [3.8, 4) is 5.75 Å². The highest BCUT2D eigenvalue weighted by atomic mass is 19.4. The molecule has 0 aliphatic heterocycles. The molecule has 0 unspecified atom stereocenters. The van der Waals surface area contributed by atoms with Gasteiger partial charge < -0.3 is 4.74 Å². The summed E-state index contributed by atoms with van der Waals surface area (Å²) in [5.74, 6) is -0.437. The van der Waals surface area contributed by atoms with Gasteiger partial charge in [0.05, 0.1) is 4.92 Å². The van der Waals surface area contributed by atoms with Crippen molar-refractivity contribution in [2.45, 2.75) is 13.3 Å². The summed E-state index contributed by atoms with van der Waals surface area (Å²) < 4.78 is 39.1. The highest BCUT2D eigenvalue weighted by Crippen LogP contribution is 2.28. The molecular formula is C8H6F3NO3. The second kappa shape index (κ2) is 3.76. The SMILES string of the molecule is Cc1cc([N+](=O)[O-])ccc1OC(F)(F)F. The number of benzene rings is 1. The Labute approximate surface area is 82.4 Å². The fourth-order valence-electron chi connectivity index (χ4n) is 0.986. The van der Waals surface area contributed by atoms with Crippen molar-refractivity contribution in [3.05, 3.63) is 33.9 Å². The predicted molar refractivity (Wildman–Crippen MR) is 44.5 cm³/mol. The molecular weight excluding hydrogens is 215 g/mol. The molecule has 1 aromatic carbocycles. The Kier molecular flexibility index (Phi) is 2.83. The highest BCUT2D eigenvalue weighted by Gasteiger charge is 2.31. The van der Waals surface area contributed by atoms with Crippen LogP contribution in [0.4, 0.5) is 18.9 Å². The Balaban J connectivity index is 2.99. The van der Waals surface area contributed by atoms with Gasteiger partial charge in [0.25, 0.3) is 5.69 Å². The number of rotatable bonds is 2. The molecule has 0 saturated carbocycles. The third-order valence-corrected chi connectivity index (χ3v) is 1.60. The van der Waals surface area contributed by atoms with Gasteiger partial charge in [0.15, 0.2) is 0 Å². The molecule has 15 heavy (non-hydrogen) atoms. The van der Waals surface area contributed by atoms with E-state index in [1.54, 1.807) is 0 Å². The first-order chi connectivity index (χ1) is 6.79. The first kappa shape index (κ1) is 11.3.